The molecule has 10 rings (SSSR count). The molecule has 0 N–H and O–H groups in total. The van der Waals surface area contributed by atoms with Crippen molar-refractivity contribution in [3.8, 4) is 22.3 Å². The molecule has 3 heteroatoms. The molecule has 0 aliphatic carbocycles. The van der Waals surface area contributed by atoms with E-state index in [9.17, 15) is 0 Å². The van der Waals surface area contributed by atoms with Gasteiger partial charge < -0.3 is 9.32 Å². The van der Waals surface area contributed by atoms with Crippen LogP contribution < -0.4 is 4.90 Å². The van der Waals surface area contributed by atoms with Crippen LogP contribution in [0.5, 0.6) is 0 Å². The summed E-state index contributed by atoms with van der Waals surface area (Å²) in [5, 5.41) is 7.01. The van der Waals surface area contributed by atoms with Crippen molar-refractivity contribution in [3.63, 3.8) is 0 Å². The van der Waals surface area contributed by atoms with E-state index in [1.165, 1.54) is 31.3 Å². The van der Waals surface area contributed by atoms with Gasteiger partial charge in [-0.2, -0.15) is 0 Å². The number of thiophene rings is 1. The number of furan rings is 1. The van der Waals surface area contributed by atoms with E-state index in [4.69, 9.17) is 4.42 Å². The molecule has 2 nitrogen and oxygen atoms in total. The molecule has 8 aromatic carbocycles. The molecule has 0 saturated heterocycles. The molecule has 2 heterocycles. The lowest BCUT2D eigenvalue weighted by Gasteiger charge is -2.28. The number of rotatable bonds is 5. The largest absolute Gasteiger partial charge is 0.455 e. The number of para-hydroxylation sites is 1. The molecular formula is C46H29NOS. The van der Waals surface area contributed by atoms with Crippen molar-refractivity contribution in [2.45, 2.75) is 0 Å². The van der Waals surface area contributed by atoms with Gasteiger partial charge in [-0.25, -0.2) is 0 Å². The van der Waals surface area contributed by atoms with Crippen molar-refractivity contribution in [1.29, 1.82) is 0 Å². The molecule has 10 aromatic rings. The monoisotopic (exact) mass is 643 g/mol. The lowest BCUT2D eigenvalue weighted by atomic mass is 9.99. The highest BCUT2D eigenvalue weighted by molar-refractivity contribution is 7.26. The Morgan fingerprint density at radius 1 is 0.388 bits per heavy atom. The van der Waals surface area contributed by atoms with Crippen LogP contribution in [-0.2, 0) is 0 Å². The first-order chi connectivity index (χ1) is 24.3. The number of benzene rings is 8. The van der Waals surface area contributed by atoms with Gasteiger partial charge in [-0.15, -0.1) is 11.3 Å². The van der Waals surface area contributed by atoms with Gasteiger partial charge in [-0.1, -0.05) is 146 Å². The Morgan fingerprint density at radius 3 is 1.84 bits per heavy atom. The molecule has 0 unspecified atom stereocenters. The highest BCUT2D eigenvalue weighted by atomic mass is 32.1. The molecule has 0 radical (unpaired) electrons. The number of nitrogens with zero attached hydrogens (tertiary/aromatic N) is 1. The molecule has 49 heavy (non-hydrogen) atoms. The molecule has 0 amide bonds. The fourth-order valence-electron chi connectivity index (χ4n) is 7.40. The van der Waals surface area contributed by atoms with Crippen molar-refractivity contribution in [1.82, 2.24) is 0 Å². The maximum atomic E-state index is 6.87. The van der Waals surface area contributed by atoms with E-state index in [0.717, 1.165) is 60.9 Å². The summed E-state index contributed by atoms with van der Waals surface area (Å²) >= 11 is 1.86. The molecule has 2 aromatic heterocycles. The highest BCUT2D eigenvalue weighted by Crippen LogP contribution is 2.49. The molecule has 0 fully saturated rings. The van der Waals surface area contributed by atoms with Crippen molar-refractivity contribution in [2.75, 3.05) is 4.90 Å². The molecular weight excluding hydrogens is 615 g/mol. The van der Waals surface area contributed by atoms with Crippen molar-refractivity contribution in [2.24, 2.45) is 0 Å². The second-order valence-corrected chi connectivity index (χ2v) is 13.5. The quantitative estimate of drug-likeness (QED) is 0.186. The van der Waals surface area contributed by atoms with Crippen LogP contribution in [0.3, 0.4) is 0 Å². The lowest BCUT2D eigenvalue weighted by molar-refractivity contribution is 0.674. The van der Waals surface area contributed by atoms with Gasteiger partial charge in [-0.05, 0) is 47.0 Å². The average molecular weight is 644 g/mol. The van der Waals surface area contributed by atoms with Gasteiger partial charge in [0.2, 0.25) is 0 Å². The maximum absolute atomic E-state index is 6.87. The Bertz CT molecular complexity index is 2830. The third-order valence-electron chi connectivity index (χ3n) is 9.64. The second-order valence-electron chi connectivity index (χ2n) is 12.5. The molecule has 230 valence electrons. The van der Waals surface area contributed by atoms with E-state index in [0.29, 0.717) is 0 Å². The smallest absolute Gasteiger partial charge is 0.143 e. The van der Waals surface area contributed by atoms with Crippen LogP contribution in [0, 0.1) is 0 Å². The van der Waals surface area contributed by atoms with Gasteiger partial charge in [0.25, 0.3) is 0 Å². The summed E-state index contributed by atoms with van der Waals surface area (Å²) in [5.41, 5.74) is 9.82. The Morgan fingerprint density at radius 2 is 1.00 bits per heavy atom. The zero-order chi connectivity index (χ0) is 32.3. The SMILES string of the molecule is c1ccc(-c2cccc(N(c3cc4c5cccc(-c6ccccc6)c5oc4c4ccccc34)c3cccc4c3sc3ccccc34)c2)cc1. The highest BCUT2D eigenvalue weighted by Gasteiger charge is 2.23. The molecule has 0 saturated carbocycles. The molecule has 0 bridgehead atoms. The van der Waals surface area contributed by atoms with Crippen molar-refractivity contribution in [3.05, 3.63) is 176 Å². The Hall–Kier alpha value is -6.16. The summed E-state index contributed by atoms with van der Waals surface area (Å²) in [6.45, 7) is 0. The zero-order valence-electron chi connectivity index (χ0n) is 26.5. The predicted octanol–water partition coefficient (Wildman–Crippen LogP) is 13.9. The van der Waals surface area contributed by atoms with Crippen LogP contribution in [-0.4, -0.2) is 0 Å². The second kappa shape index (κ2) is 11.2. The van der Waals surface area contributed by atoms with Crippen LogP contribution in [0.25, 0.3) is 75.1 Å². The molecule has 0 spiro atoms. The number of fused-ring (bicyclic) bond motifs is 8. The van der Waals surface area contributed by atoms with Gasteiger partial charge in [0, 0.05) is 48.3 Å². The summed E-state index contributed by atoms with van der Waals surface area (Å²) in [7, 11) is 0. The summed E-state index contributed by atoms with van der Waals surface area (Å²) in [6.07, 6.45) is 0. The minimum atomic E-state index is 0.912. The van der Waals surface area contributed by atoms with Crippen LogP contribution in [0.1, 0.15) is 0 Å². The first kappa shape index (κ1) is 27.9. The minimum Gasteiger partial charge on any atom is -0.455 e. The minimum absolute atomic E-state index is 0.912. The van der Waals surface area contributed by atoms with Gasteiger partial charge in [0.15, 0.2) is 0 Å². The normalized spacial score (nSPS) is 11.7. The van der Waals surface area contributed by atoms with E-state index in [1.807, 2.05) is 11.3 Å². The van der Waals surface area contributed by atoms with Gasteiger partial charge >= 0.3 is 0 Å². The summed E-state index contributed by atoms with van der Waals surface area (Å²) in [6, 6.07) is 63.1. The van der Waals surface area contributed by atoms with Crippen LogP contribution in [0.15, 0.2) is 180 Å². The maximum Gasteiger partial charge on any atom is 0.143 e. The predicted molar refractivity (Wildman–Crippen MR) is 210 cm³/mol. The topological polar surface area (TPSA) is 16.4 Å². The number of hydrogen-bond acceptors (Lipinski definition) is 3. The fraction of sp³-hybridized carbons (Fsp3) is 0. The van der Waals surface area contributed by atoms with Crippen molar-refractivity contribution >= 4 is 81.3 Å². The number of hydrogen-bond donors (Lipinski definition) is 0. The van der Waals surface area contributed by atoms with Gasteiger partial charge in [0.05, 0.1) is 16.1 Å². The summed E-state index contributed by atoms with van der Waals surface area (Å²) < 4.78 is 9.42. The molecule has 0 atom stereocenters. The number of anilines is 3. The standard InChI is InChI=1S/C46H29NOS/c1-3-14-30(15-4-1)32-18-11-19-33(28-32)47(41-26-13-25-39-36-21-9-10-27-43(36)49-46(39)41)42-29-40-38-24-12-23-34(31-16-5-2-6-17-31)44(38)48-45(40)37-22-8-7-20-35(37)42/h1-29H. The summed E-state index contributed by atoms with van der Waals surface area (Å²) in [5.74, 6) is 0. The summed E-state index contributed by atoms with van der Waals surface area (Å²) in [4.78, 5) is 2.46. The Labute approximate surface area is 287 Å². The van der Waals surface area contributed by atoms with E-state index in [1.54, 1.807) is 0 Å². The zero-order valence-corrected chi connectivity index (χ0v) is 27.3. The fourth-order valence-corrected chi connectivity index (χ4v) is 8.61. The van der Waals surface area contributed by atoms with E-state index in [2.05, 4.69) is 181 Å². The molecule has 0 aliphatic heterocycles. The van der Waals surface area contributed by atoms with Crippen LogP contribution >= 0.6 is 11.3 Å². The van der Waals surface area contributed by atoms with E-state index in [-0.39, 0.29) is 0 Å². The Balaban J connectivity index is 1.31. The van der Waals surface area contributed by atoms with E-state index >= 15 is 0 Å². The van der Waals surface area contributed by atoms with E-state index < -0.39 is 0 Å². The Kier molecular flexibility index (Phi) is 6.39. The third-order valence-corrected chi connectivity index (χ3v) is 10.9. The lowest BCUT2D eigenvalue weighted by Crippen LogP contribution is -2.11. The third kappa shape index (κ3) is 4.47. The van der Waals surface area contributed by atoms with Crippen LogP contribution in [0.4, 0.5) is 17.1 Å². The van der Waals surface area contributed by atoms with Gasteiger partial charge in [0.1, 0.15) is 11.2 Å². The van der Waals surface area contributed by atoms with Crippen LogP contribution in [0.2, 0.25) is 0 Å². The first-order valence-electron chi connectivity index (χ1n) is 16.6. The van der Waals surface area contributed by atoms with Gasteiger partial charge in [-0.3, -0.25) is 0 Å². The molecule has 0 aliphatic rings. The van der Waals surface area contributed by atoms with Crippen molar-refractivity contribution < 1.29 is 4.42 Å². The first-order valence-corrected chi connectivity index (χ1v) is 17.4. The average Bonchev–Trinajstić information content (AvgIpc) is 3.75.